The Balaban J connectivity index is 1.95. The molecule has 0 radical (unpaired) electrons. The molecule has 7 heteroatoms. The third-order valence-electron chi connectivity index (χ3n) is 5.97. The normalized spacial score (nSPS) is 16.4. The molecular weight excluding hydrogens is 370 g/mol. The van der Waals surface area contributed by atoms with Crippen LogP contribution in [0.5, 0.6) is 0 Å². The number of aryl methyl sites for hydroxylation is 1. The van der Waals surface area contributed by atoms with Gasteiger partial charge in [0.25, 0.3) is 0 Å². The van der Waals surface area contributed by atoms with Crippen LogP contribution in [0.1, 0.15) is 50.7 Å². The number of hydrogen-bond donors (Lipinski definition) is 3. The van der Waals surface area contributed by atoms with Gasteiger partial charge in [-0.05, 0) is 51.0 Å². The molecule has 160 valence electrons. The second kappa shape index (κ2) is 9.87. The van der Waals surface area contributed by atoms with Gasteiger partial charge in [-0.1, -0.05) is 24.3 Å². The number of benzene rings is 1. The van der Waals surface area contributed by atoms with E-state index in [1.54, 1.807) is 7.11 Å². The van der Waals surface area contributed by atoms with E-state index in [4.69, 9.17) is 21.0 Å². The number of ether oxygens (including phenoxy) is 1. The van der Waals surface area contributed by atoms with Crippen LogP contribution < -0.4 is 5.73 Å². The van der Waals surface area contributed by atoms with Gasteiger partial charge in [0.15, 0.2) is 0 Å². The number of hydrogen-bond acceptors (Lipinski definition) is 4. The number of piperidine rings is 1. The van der Waals surface area contributed by atoms with Gasteiger partial charge in [0.2, 0.25) is 5.91 Å². The van der Waals surface area contributed by atoms with Gasteiger partial charge in [-0.15, -0.1) is 0 Å². The van der Waals surface area contributed by atoms with Crippen molar-refractivity contribution in [2.24, 2.45) is 17.1 Å². The lowest BCUT2D eigenvalue weighted by Gasteiger charge is -2.39. The van der Waals surface area contributed by atoms with Crippen molar-refractivity contribution in [3.63, 3.8) is 0 Å². The molecule has 0 spiro atoms. The van der Waals surface area contributed by atoms with Crippen molar-refractivity contribution in [2.75, 3.05) is 20.2 Å². The van der Waals surface area contributed by atoms with E-state index in [2.05, 4.69) is 0 Å². The average Bonchev–Trinajstić information content (AvgIpc) is 2.68. The number of carboxylic acids is 1. The summed E-state index contributed by atoms with van der Waals surface area (Å²) in [5.41, 5.74) is 6.62. The van der Waals surface area contributed by atoms with Crippen LogP contribution in [0.2, 0.25) is 0 Å². The number of nitrogens with two attached hydrogens (primary N) is 1. The van der Waals surface area contributed by atoms with Crippen molar-refractivity contribution in [1.29, 1.82) is 5.41 Å². The monoisotopic (exact) mass is 403 g/mol. The zero-order chi connectivity index (χ0) is 21.6. The maximum Gasteiger partial charge on any atom is 0.303 e. The first kappa shape index (κ1) is 22.9. The van der Waals surface area contributed by atoms with E-state index in [0.717, 1.165) is 24.8 Å². The Bertz CT molecular complexity index is 722. The fraction of sp³-hybridized carbons (Fsp3) is 0.591. The van der Waals surface area contributed by atoms with Crippen molar-refractivity contribution in [1.82, 2.24) is 4.90 Å². The highest BCUT2D eigenvalue weighted by Crippen LogP contribution is 2.31. The number of methoxy groups -OCH3 is 1. The average molecular weight is 404 g/mol. The first-order valence-corrected chi connectivity index (χ1v) is 10.1. The molecule has 1 heterocycles. The summed E-state index contributed by atoms with van der Waals surface area (Å²) in [5.74, 6) is -0.517. The molecular formula is C22H33N3O4. The number of aliphatic carboxylic acids is 1. The van der Waals surface area contributed by atoms with Crippen LogP contribution in [-0.2, 0) is 20.7 Å². The number of nitrogens with one attached hydrogen (secondary N) is 1. The molecule has 1 aliphatic rings. The summed E-state index contributed by atoms with van der Waals surface area (Å²) in [5, 5.41) is 16.4. The Hall–Kier alpha value is -2.41. The van der Waals surface area contributed by atoms with Crippen LogP contribution in [-0.4, -0.2) is 54.0 Å². The summed E-state index contributed by atoms with van der Waals surface area (Å²) >= 11 is 0. The van der Waals surface area contributed by atoms with Crippen LogP contribution in [0, 0.1) is 16.7 Å². The minimum atomic E-state index is -0.772. The Morgan fingerprint density at radius 2 is 1.86 bits per heavy atom. The highest BCUT2D eigenvalue weighted by molar-refractivity contribution is 5.94. The van der Waals surface area contributed by atoms with Crippen molar-refractivity contribution in [2.45, 2.75) is 52.1 Å². The SMILES string of the molecule is COC(CCc1ccc(C(=N)N)cc1)C(C)(C)C(=O)N1CCC(CC(=O)O)CC1. The molecule has 1 aromatic carbocycles. The quantitative estimate of drug-likeness (QED) is 0.433. The number of amides is 1. The number of carbonyl (C=O) groups is 2. The number of carbonyl (C=O) groups excluding carboxylic acids is 1. The lowest BCUT2D eigenvalue weighted by atomic mass is 9.81. The van der Waals surface area contributed by atoms with Crippen LogP contribution in [0.3, 0.4) is 0 Å². The van der Waals surface area contributed by atoms with Crippen molar-refractivity contribution in [3.05, 3.63) is 35.4 Å². The molecule has 1 amide bonds. The predicted molar refractivity (Wildman–Crippen MR) is 112 cm³/mol. The Morgan fingerprint density at radius 1 is 1.28 bits per heavy atom. The zero-order valence-corrected chi connectivity index (χ0v) is 17.6. The first-order chi connectivity index (χ1) is 13.6. The molecule has 7 nitrogen and oxygen atoms in total. The lowest BCUT2D eigenvalue weighted by molar-refractivity contribution is -0.150. The highest BCUT2D eigenvalue weighted by Gasteiger charge is 2.40. The smallest absolute Gasteiger partial charge is 0.303 e. The molecule has 2 rings (SSSR count). The fourth-order valence-corrected chi connectivity index (χ4v) is 4.05. The van der Waals surface area contributed by atoms with E-state index in [1.807, 2.05) is 43.0 Å². The maximum atomic E-state index is 13.2. The molecule has 0 aromatic heterocycles. The maximum absolute atomic E-state index is 13.2. The van der Waals surface area contributed by atoms with Gasteiger partial charge in [-0.3, -0.25) is 15.0 Å². The van der Waals surface area contributed by atoms with E-state index < -0.39 is 11.4 Å². The van der Waals surface area contributed by atoms with Gasteiger partial charge in [0.1, 0.15) is 5.84 Å². The van der Waals surface area contributed by atoms with E-state index in [1.165, 1.54) is 0 Å². The summed E-state index contributed by atoms with van der Waals surface area (Å²) in [6.07, 6.45) is 2.86. The summed E-state index contributed by atoms with van der Waals surface area (Å²) < 4.78 is 5.71. The van der Waals surface area contributed by atoms with Gasteiger partial charge >= 0.3 is 5.97 Å². The third kappa shape index (κ3) is 6.03. The van der Waals surface area contributed by atoms with Gasteiger partial charge in [-0.25, -0.2) is 0 Å². The van der Waals surface area contributed by atoms with Gasteiger partial charge in [0, 0.05) is 32.2 Å². The molecule has 0 saturated carbocycles. The molecule has 0 aliphatic carbocycles. The zero-order valence-electron chi connectivity index (χ0n) is 17.6. The molecule has 1 fully saturated rings. The molecule has 1 atom stereocenters. The minimum Gasteiger partial charge on any atom is -0.481 e. The highest BCUT2D eigenvalue weighted by atomic mass is 16.5. The second-order valence-corrected chi connectivity index (χ2v) is 8.43. The summed E-state index contributed by atoms with van der Waals surface area (Å²) in [7, 11) is 1.64. The first-order valence-electron chi connectivity index (χ1n) is 10.1. The van der Waals surface area contributed by atoms with Crippen LogP contribution in [0.15, 0.2) is 24.3 Å². The lowest BCUT2D eigenvalue weighted by Crippen LogP contribution is -2.50. The van der Waals surface area contributed by atoms with Crippen molar-refractivity contribution >= 4 is 17.7 Å². The van der Waals surface area contributed by atoms with E-state index in [9.17, 15) is 9.59 Å². The van der Waals surface area contributed by atoms with Gasteiger partial charge < -0.3 is 20.5 Å². The number of carboxylic acid groups (broad SMARTS) is 1. The summed E-state index contributed by atoms with van der Waals surface area (Å²) in [4.78, 5) is 25.9. The number of nitrogens with zero attached hydrogens (tertiary/aromatic N) is 1. The molecule has 29 heavy (non-hydrogen) atoms. The van der Waals surface area contributed by atoms with Gasteiger partial charge in [-0.2, -0.15) is 0 Å². The second-order valence-electron chi connectivity index (χ2n) is 8.43. The Kier molecular flexibility index (Phi) is 7.79. The van der Waals surface area contributed by atoms with E-state index in [-0.39, 0.29) is 30.2 Å². The van der Waals surface area contributed by atoms with Crippen LogP contribution in [0.4, 0.5) is 0 Å². The third-order valence-corrected chi connectivity index (χ3v) is 5.97. The predicted octanol–water partition coefficient (Wildman–Crippen LogP) is 2.66. The fourth-order valence-electron chi connectivity index (χ4n) is 4.05. The number of amidine groups is 1. The van der Waals surface area contributed by atoms with E-state index in [0.29, 0.717) is 25.1 Å². The molecule has 1 aliphatic heterocycles. The Labute approximate surface area is 172 Å². The standard InChI is InChI=1S/C22H33N3O4/c1-22(2,21(28)25-12-10-16(11-13-25)14-19(26)27)18(29-3)9-6-15-4-7-17(8-5-15)20(23)24/h4-5,7-8,16,18H,6,9-14H2,1-3H3,(H3,23,24)(H,26,27). The van der Waals surface area contributed by atoms with Crippen molar-refractivity contribution in [3.8, 4) is 0 Å². The summed E-state index contributed by atoms with van der Waals surface area (Å²) in [6, 6.07) is 7.56. The Morgan fingerprint density at radius 3 is 2.34 bits per heavy atom. The molecule has 1 aromatic rings. The molecule has 1 saturated heterocycles. The van der Waals surface area contributed by atoms with Crippen molar-refractivity contribution < 1.29 is 19.4 Å². The van der Waals surface area contributed by atoms with E-state index >= 15 is 0 Å². The number of rotatable bonds is 9. The molecule has 4 N–H and O–H groups in total. The topological polar surface area (TPSA) is 117 Å². The van der Waals surface area contributed by atoms with Crippen LogP contribution >= 0.6 is 0 Å². The molecule has 0 bridgehead atoms. The number of likely N-dealkylation sites (tertiary alicyclic amines) is 1. The molecule has 1 unspecified atom stereocenters. The number of nitrogen functional groups attached to an aromatic ring is 1. The van der Waals surface area contributed by atoms with Gasteiger partial charge in [0.05, 0.1) is 11.5 Å². The summed E-state index contributed by atoms with van der Waals surface area (Å²) in [6.45, 7) is 5.05. The largest absolute Gasteiger partial charge is 0.481 e. The minimum absolute atomic E-state index is 0.0465. The van der Waals surface area contributed by atoms with Crippen LogP contribution in [0.25, 0.3) is 0 Å².